The largest absolute Gasteiger partial charge is 0.468 e. The van der Waals surface area contributed by atoms with Crippen molar-refractivity contribution in [2.75, 3.05) is 7.11 Å². The molecule has 2 atom stereocenters. The summed E-state index contributed by atoms with van der Waals surface area (Å²) >= 11 is 0. The molecular formula is C17H25NO4. The number of ether oxygens (including phenoxy) is 1. The van der Waals surface area contributed by atoms with E-state index in [4.69, 9.17) is 4.74 Å². The standard InChI is InChI=1S/C17H25NO4/c1-17(2)9-13(19)12(15(20)14(17)16(21)22-3)10-18-11-7-5-4-6-8-11/h10-12,14H,4-9H2,1-3H3/t12-,14-/m0/s1. The van der Waals surface area contributed by atoms with Gasteiger partial charge in [-0.1, -0.05) is 33.1 Å². The summed E-state index contributed by atoms with van der Waals surface area (Å²) in [6.07, 6.45) is 7.23. The number of rotatable bonds is 3. The Labute approximate surface area is 131 Å². The summed E-state index contributed by atoms with van der Waals surface area (Å²) in [6.45, 7) is 3.53. The molecule has 5 nitrogen and oxygen atoms in total. The summed E-state index contributed by atoms with van der Waals surface area (Å²) in [5.41, 5.74) is -0.698. The number of ketones is 2. The Kier molecular flexibility index (Phi) is 5.14. The average Bonchev–Trinajstić information content (AvgIpc) is 2.46. The summed E-state index contributed by atoms with van der Waals surface area (Å²) in [6, 6.07) is 0.209. The number of carbonyl (C=O) groups excluding carboxylic acids is 3. The molecule has 2 aliphatic rings. The Morgan fingerprint density at radius 2 is 1.86 bits per heavy atom. The monoisotopic (exact) mass is 307 g/mol. The predicted octanol–water partition coefficient (Wildman–Crippen LogP) is 2.36. The third kappa shape index (κ3) is 3.45. The van der Waals surface area contributed by atoms with Crippen molar-refractivity contribution in [1.82, 2.24) is 0 Å². The Morgan fingerprint density at radius 1 is 1.23 bits per heavy atom. The van der Waals surface area contributed by atoms with Crippen LogP contribution in [0.3, 0.4) is 0 Å². The topological polar surface area (TPSA) is 72.8 Å². The van der Waals surface area contributed by atoms with Gasteiger partial charge in [0.1, 0.15) is 17.6 Å². The summed E-state index contributed by atoms with van der Waals surface area (Å²) in [4.78, 5) is 41.3. The van der Waals surface area contributed by atoms with Crippen LogP contribution in [0.25, 0.3) is 0 Å². The highest BCUT2D eigenvalue weighted by Gasteiger charge is 2.51. The van der Waals surface area contributed by atoms with E-state index in [1.165, 1.54) is 19.7 Å². The molecule has 2 saturated carbocycles. The number of carbonyl (C=O) groups is 3. The minimum absolute atomic E-state index is 0.144. The second kappa shape index (κ2) is 6.71. The third-order valence-corrected chi connectivity index (χ3v) is 4.81. The molecule has 0 spiro atoms. The quantitative estimate of drug-likeness (QED) is 0.456. The highest BCUT2D eigenvalue weighted by atomic mass is 16.5. The van der Waals surface area contributed by atoms with E-state index in [2.05, 4.69) is 4.99 Å². The van der Waals surface area contributed by atoms with Crippen LogP contribution in [0.1, 0.15) is 52.4 Å². The summed E-state index contributed by atoms with van der Waals surface area (Å²) in [5.74, 6) is -2.85. The van der Waals surface area contributed by atoms with Crippen LogP contribution in [0.15, 0.2) is 4.99 Å². The van der Waals surface area contributed by atoms with Gasteiger partial charge < -0.3 is 4.74 Å². The number of methoxy groups -OCH3 is 1. The number of esters is 1. The van der Waals surface area contributed by atoms with Crippen LogP contribution in [0.2, 0.25) is 0 Å². The SMILES string of the molecule is COC(=O)[C@@H]1C(=O)[C@@H](C=NC2CCCCC2)C(=O)CC1(C)C. The van der Waals surface area contributed by atoms with Gasteiger partial charge in [0.05, 0.1) is 7.11 Å². The molecule has 0 heterocycles. The van der Waals surface area contributed by atoms with Gasteiger partial charge >= 0.3 is 5.97 Å². The third-order valence-electron chi connectivity index (χ3n) is 4.81. The fourth-order valence-electron chi connectivity index (χ4n) is 3.53. The first-order valence-electron chi connectivity index (χ1n) is 8.04. The van der Waals surface area contributed by atoms with Crippen LogP contribution in [0.5, 0.6) is 0 Å². The van der Waals surface area contributed by atoms with E-state index in [1.807, 2.05) is 0 Å². The number of nitrogens with zero attached hydrogens (tertiary/aromatic N) is 1. The molecule has 0 aromatic heterocycles. The highest BCUT2D eigenvalue weighted by molar-refractivity contribution is 6.21. The first-order chi connectivity index (χ1) is 10.4. The van der Waals surface area contributed by atoms with Crippen molar-refractivity contribution >= 4 is 23.8 Å². The minimum atomic E-state index is -0.891. The molecule has 22 heavy (non-hydrogen) atoms. The number of Topliss-reactive ketones (excluding diaryl/α,β-unsaturated/α-hetero) is 2. The summed E-state index contributed by atoms with van der Waals surface area (Å²) in [7, 11) is 1.27. The van der Waals surface area contributed by atoms with Gasteiger partial charge in [0, 0.05) is 18.7 Å². The zero-order chi connectivity index (χ0) is 16.3. The number of hydrogen-bond acceptors (Lipinski definition) is 5. The van der Waals surface area contributed by atoms with Gasteiger partial charge in [-0.2, -0.15) is 0 Å². The summed E-state index contributed by atoms with van der Waals surface area (Å²) in [5, 5.41) is 0. The maximum Gasteiger partial charge on any atom is 0.316 e. The number of hydrogen-bond donors (Lipinski definition) is 0. The lowest BCUT2D eigenvalue weighted by molar-refractivity contribution is -0.159. The molecule has 0 bridgehead atoms. The van der Waals surface area contributed by atoms with E-state index in [-0.39, 0.29) is 24.0 Å². The molecule has 0 unspecified atom stereocenters. The van der Waals surface area contributed by atoms with Gasteiger partial charge in [-0.05, 0) is 18.3 Å². The summed E-state index contributed by atoms with van der Waals surface area (Å²) < 4.78 is 4.76. The van der Waals surface area contributed by atoms with E-state index >= 15 is 0 Å². The van der Waals surface area contributed by atoms with E-state index in [9.17, 15) is 14.4 Å². The fourth-order valence-corrected chi connectivity index (χ4v) is 3.53. The molecule has 2 fully saturated rings. The second-order valence-electron chi connectivity index (χ2n) is 7.06. The maximum absolute atomic E-state index is 12.6. The first-order valence-corrected chi connectivity index (χ1v) is 8.04. The van der Waals surface area contributed by atoms with Gasteiger partial charge in [0.2, 0.25) is 0 Å². The predicted molar refractivity (Wildman–Crippen MR) is 82.8 cm³/mol. The van der Waals surface area contributed by atoms with Crippen molar-refractivity contribution in [3.05, 3.63) is 0 Å². The Bertz CT molecular complexity index is 489. The smallest absolute Gasteiger partial charge is 0.316 e. The Balaban J connectivity index is 2.16. The minimum Gasteiger partial charge on any atom is -0.468 e. The average molecular weight is 307 g/mol. The highest BCUT2D eigenvalue weighted by Crippen LogP contribution is 2.39. The molecule has 122 valence electrons. The van der Waals surface area contributed by atoms with Crippen LogP contribution in [0.4, 0.5) is 0 Å². The lowest BCUT2D eigenvalue weighted by Gasteiger charge is -2.37. The molecule has 0 aromatic carbocycles. The van der Waals surface area contributed by atoms with Crippen LogP contribution in [-0.4, -0.2) is 36.9 Å². The maximum atomic E-state index is 12.6. The second-order valence-corrected chi connectivity index (χ2v) is 7.06. The van der Waals surface area contributed by atoms with Crippen LogP contribution in [0, 0.1) is 17.3 Å². The van der Waals surface area contributed by atoms with Gasteiger partial charge in [-0.25, -0.2) is 0 Å². The van der Waals surface area contributed by atoms with E-state index < -0.39 is 23.2 Å². The zero-order valence-electron chi connectivity index (χ0n) is 13.6. The van der Waals surface area contributed by atoms with Crippen molar-refractivity contribution in [1.29, 1.82) is 0 Å². The van der Waals surface area contributed by atoms with Gasteiger partial charge in [0.15, 0.2) is 5.78 Å². The molecule has 0 saturated heterocycles. The molecule has 0 aliphatic heterocycles. The molecule has 2 rings (SSSR count). The van der Waals surface area contributed by atoms with Gasteiger partial charge in [0.25, 0.3) is 0 Å². The fraction of sp³-hybridized carbons (Fsp3) is 0.765. The molecule has 2 aliphatic carbocycles. The lowest BCUT2D eigenvalue weighted by atomic mass is 9.64. The zero-order valence-corrected chi connectivity index (χ0v) is 13.6. The molecule has 0 aromatic rings. The molecule has 0 N–H and O–H groups in total. The molecular weight excluding hydrogens is 282 g/mol. The van der Waals surface area contributed by atoms with Crippen molar-refractivity contribution in [3.63, 3.8) is 0 Å². The van der Waals surface area contributed by atoms with Crippen LogP contribution < -0.4 is 0 Å². The van der Waals surface area contributed by atoms with E-state index in [0.29, 0.717) is 0 Å². The molecule has 0 radical (unpaired) electrons. The Hall–Kier alpha value is -1.52. The van der Waals surface area contributed by atoms with Crippen LogP contribution >= 0.6 is 0 Å². The van der Waals surface area contributed by atoms with Crippen molar-refractivity contribution in [3.8, 4) is 0 Å². The van der Waals surface area contributed by atoms with E-state index in [1.54, 1.807) is 13.8 Å². The van der Waals surface area contributed by atoms with Crippen molar-refractivity contribution in [2.24, 2.45) is 22.2 Å². The Morgan fingerprint density at radius 3 is 2.45 bits per heavy atom. The normalized spacial score (nSPS) is 29.8. The first kappa shape index (κ1) is 16.8. The van der Waals surface area contributed by atoms with Crippen molar-refractivity contribution < 1.29 is 19.1 Å². The molecule has 0 amide bonds. The van der Waals surface area contributed by atoms with Crippen LogP contribution in [-0.2, 0) is 19.1 Å². The van der Waals surface area contributed by atoms with Crippen molar-refractivity contribution in [2.45, 2.75) is 58.4 Å². The molecule has 5 heteroatoms. The lowest BCUT2D eigenvalue weighted by Crippen LogP contribution is -2.50. The number of aliphatic imine (C=N–C) groups is 1. The van der Waals surface area contributed by atoms with Gasteiger partial charge in [-0.15, -0.1) is 0 Å². The van der Waals surface area contributed by atoms with Gasteiger partial charge in [-0.3, -0.25) is 19.4 Å². The van der Waals surface area contributed by atoms with E-state index in [0.717, 1.165) is 25.7 Å².